The Morgan fingerprint density at radius 2 is 2.30 bits per heavy atom. The number of rotatable bonds is 1. The fourth-order valence-corrected chi connectivity index (χ4v) is 1.35. The van der Waals surface area contributed by atoms with E-state index < -0.39 is 0 Å². The summed E-state index contributed by atoms with van der Waals surface area (Å²) in [6.45, 7) is 0. The van der Waals surface area contributed by atoms with E-state index in [1.54, 1.807) is 13.2 Å². The molecule has 0 radical (unpaired) electrons. The first-order valence-corrected chi connectivity index (χ1v) is 4.05. The third-order valence-electron chi connectivity index (χ3n) is 1.00. The van der Waals surface area contributed by atoms with Crippen LogP contribution in [0.4, 0.5) is 0 Å². The molecule has 2 nitrogen and oxygen atoms in total. The molecule has 54 valence electrons. The van der Waals surface area contributed by atoms with Crippen molar-refractivity contribution in [2.45, 2.75) is 0 Å². The molecule has 1 rings (SSSR count). The Kier molecular flexibility index (Phi) is 2.73. The van der Waals surface area contributed by atoms with Crippen molar-refractivity contribution in [1.29, 1.82) is 0 Å². The summed E-state index contributed by atoms with van der Waals surface area (Å²) < 4.78 is 5.77. The molecule has 0 aliphatic rings. The van der Waals surface area contributed by atoms with E-state index in [1.807, 2.05) is 6.07 Å². The van der Waals surface area contributed by atoms with Crippen LogP contribution in [0.2, 0.25) is 5.15 Å². The predicted octanol–water partition coefficient (Wildman–Crippen LogP) is 2.35. The van der Waals surface area contributed by atoms with Crippen LogP contribution in [0, 0.1) is 3.70 Å². The normalized spacial score (nSPS) is 9.50. The average Bonchev–Trinajstić information content (AvgIpc) is 1.88. The van der Waals surface area contributed by atoms with Gasteiger partial charge in [0, 0.05) is 0 Å². The SMILES string of the molecule is COc1ccc(I)nc1Cl. The fraction of sp³-hybridized carbons (Fsp3) is 0.167. The van der Waals surface area contributed by atoms with Crippen LogP contribution >= 0.6 is 34.2 Å². The molecule has 0 bridgehead atoms. The van der Waals surface area contributed by atoms with Crippen molar-refractivity contribution in [3.8, 4) is 5.75 Å². The second-order valence-corrected chi connectivity index (χ2v) is 3.09. The Balaban J connectivity index is 3.07. The minimum atomic E-state index is 0.411. The standard InChI is InChI=1S/C6H5ClINO/c1-10-4-2-3-5(8)9-6(4)7/h2-3H,1H3. The molecule has 1 heterocycles. The molecule has 0 amide bonds. The topological polar surface area (TPSA) is 22.1 Å². The molecule has 0 saturated carbocycles. The van der Waals surface area contributed by atoms with Crippen LogP contribution < -0.4 is 4.74 Å². The first kappa shape index (κ1) is 8.07. The van der Waals surface area contributed by atoms with Gasteiger partial charge in [0.25, 0.3) is 0 Å². The molecular weight excluding hydrogens is 264 g/mol. The monoisotopic (exact) mass is 269 g/mol. The van der Waals surface area contributed by atoms with Gasteiger partial charge in [0.05, 0.1) is 7.11 Å². The van der Waals surface area contributed by atoms with Gasteiger partial charge in [-0.2, -0.15) is 0 Å². The lowest BCUT2D eigenvalue weighted by Crippen LogP contribution is -1.87. The highest BCUT2D eigenvalue weighted by Crippen LogP contribution is 2.21. The van der Waals surface area contributed by atoms with Gasteiger partial charge in [0.15, 0.2) is 10.9 Å². The molecule has 4 heteroatoms. The van der Waals surface area contributed by atoms with Crippen LogP contribution in [0.5, 0.6) is 5.75 Å². The highest BCUT2D eigenvalue weighted by atomic mass is 127. The van der Waals surface area contributed by atoms with Gasteiger partial charge >= 0.3 is 0 Å². The van der Waals surface area contributed by atoms with Crippen molar-refractivity contribution in [2.75, 3.05) is 7.11 Å². The summed E-state index contributed by atoms with van der Waals surface area (Å²) >= 11 is 7.78. The minimum absolute atomic E-state index is 0.411. The number of methoxy groups -OCH3 is 1. The van der Waals surface area contributed by atoms with Crippen LogP contribution in [0.1, 0.15) is 0 Å². The molecule has 1 aromatic rings. The van der Waals surface area contributed by atoms with E-state index in [0.29, 0.717) is 10.9 Å². The predicted molar refractivity (Wildman–Crippen MR) is 48.5 cm³/mol. The van der Waals surface area contributed by atoms with E-state index in [9.17, 15) is 0 Å². The maximum Gasteiger partial charge on any atom is 0.172 e. The third kappa shape index (κ3) is 1.73. The largest absolute Gasteiger partial charge is 0.494 e. The number of ether oxygens (including phenoxy) is 1. The van der Waals surface area contributed by atoms with Crippen LogP contribution in [-0.4, -0.2) is 12.1 Å². The fourth-order valence-electron chi connectivity index (χ4n) is 0.552. The summed E-state index contributed by atoms with van der Waals surface area (Å²) in [5, 5.41) is 0.411. The summed E-state index contributed by atoms with van der Waals surface area (Å²) in [5.74, 6) is 0.613. The Labute approximate surface area is 77.7 Å². The Morgan fingerprint density at radius 1 is 1.60 bits per heavy atom. The van der Waals surface area contributed by atoms with Crippen LogP contribution in [0.25, 0.3) is 0 Å². The highest BCUT2D eigenvalue weighted by Gasteiger charge is 1.99. The van der Waals surface area contributed by atoms with E-state index in [4.69, 9.17) is 16.3 Å². The Morgan fingerprint density at radius 3 is 2.80 bits per heavy atom. The van der Waals surface area contributed by atoms with Gasteiger partial charge in [-0.15, -0.1) is 0 Å². The van der Waals surface area contributed by atoms with Gasteiger partial charge in [0.1, 0.15) is 3.70 Å². The van der Waals surface area contributed by atoms with E-state index in [0.717, 1.165) is 3.70 Å². The van der Waals surface area contributed by atoms with Gasteiger partial charge in [-0.1, -0.05) is 11.6 Å². The van der Waals surface area contributed by atoms with Crippen LogP contribution in [0.15, 0.2) is 12.1 Å². The molecule has 0 aromatic carbocycles. The number of nitrogens with zero attached hydrogens (tertiary/aromatic N) is 1. The second kappa shape index (κ2) is 3.39. The number of pyridine rings is 1. The summed E-state index contributed by atoms with van der Waals surface area (Å²) in [5.41, 5.74) is 0. The molecule has 10 heavy (non-hydrogen) atoms. The summed E-state index contributed by atoms with van der Waals surface area (Å²) in [6, 6.07) is 3.63. The van der Waals surface area contributed by atoms with Crippen molar-refractivity contribution < 1.29 is 4.74 Å². The van der Waals surface area contributed by atoms with Crippen LogP contribution in [-0.2, 0) is 0 Å². The number of aromatic nitrogens is 1. The molecule has 0 unspecified atom stereocenters. The molecule has 1 aromatic heterocycles. The van der Waals surface area contributed by atoms with Crippen molar-refractivity contribution in [2.24, 2.45) is 0 Å². The molecule has 0 fully saturated rings. The number of halogens is 2. The minimum Gasteiger partial charge on any atom is -0.494 e. The number of hydrogen-bond acceptors (Lipinski definition) is 2. The molecule has 0 atom stereocenters. The zero-order chi connectivity index (χ0) is 7.56. The van der Waals surface area contributed by atoms with E-state index in [1.165, 1.54) is 0 Å². The highest BCUT2D eigenvalue weighted by molar-refractivity contribution is 14.1. The lowest BCUT2D eigenvalue weighted by molar-refractivity contribution is 0.413. The summed E-state index contributed by atoms with van der Waals surface area (Å²) in [6.07, 6.45) is 0. The average molecular weight is 269 g/mol. The third-order valence-corrected chi connectivity index (χ3v) is 1.87. The first-order valence-electron chi connectivity index (χ1n) is 2.60. The lowest BCUT2D eigenvalue weighted by atomic mass is 10.5. The molecule has 0 N–H and O–H groups in total. The van der Waals surface area contributed by atoms with Crippen molar-refractivity contribution in [3.63, 3.8) is 0 Å². The molecule has 0 aliphatic heterocycles. The van der Waals surface area contributed by atoms with Crippen LogP contribution in [0.3, 0.4) is 0 Å². The first-order chi connectivity index (χ1) is 4.74. The quantitative estimate of drug-likeness (QED) is 0.577. The van der Waals surface area contributed by atoms with Crippen molar-refractivity contribution >= 4 is 34.2 Å². The van der Waals surface area contributed by atoms with Gasteiger partial charge in [-0.05, 0) is 34.7 Å². The Bertz CT molecular complexity index is 241. The van der Waals surface area contributed by atoms with E-state index >= 15 is 0 Å². The lowest BCUT2D eigenvalue weighted by Gasteiger charge is -1.99. The molecule has 0 saturated heterocycles. The summed E-state index contributed by atoms with van der Waals surface area (Å²) in [4.78, 5) is 3.97. The zero-order valence-corrected chi connectivity index (χ0v) is 8.18. The van der Waals surface area contributed by atoms with Crippen molar-refractivity contribution in [1.82, 2.24) is 4.98 Å². The number of hydrogen-bond donors (Lipinski definition) is 0. The van der Waals surface area contributed by atoms with E-state index in [-0.39, 0.29) is 0 Å². The molecular formula is C6H5ClINO. The molecule has 0 spiro atoms. The van der Waals surface area contributed by atoms with Crippen molar-refractivity contribution in [3.05, 3.63) is 21.0 Å². The van der Waals surface area contributed by atoms with Gasteiger partial charge in [0.2, 0.25) is 0 Å². The van der Waals surface area contributed by atoms with Gasteiger partial charge in [-0.25, -0.2) is 4.98 Å². The zero-order valence-electron chi connectivity index (χ0n) is 5.27. The van der Waals surface area contributed by atoms with Gasteiger partial charge < -0.3 is 4.74 Å². The maximum absolute atomic E-state index is 5.69. The van der Waals surface area contributed by atoms with Gasteiger partial charge in [-0.3, -0.25) is 0 Å². The maximum atomic E-state index is 5.69. The summed E-state index contributed by atoms with van der Waals surface area (Å²) in [7, 11) is 1.57. The Hall–Kier alpha value is -0.0300. The smallest absolute Gasteiger partial charge is 0.172 e. The molecule has 0 aliphatic carbocycles. The van der Waals surface area contributed by atoms with E-state index in [2.05, 4.69) is 27.6 Å². The second-order valence-electron chi connectivity index (χ2n) is 1.63.